The number of benzene rings is 3. The van der Waals surface area contributed by atoms with Crippen LogP contribution in [0.5, 0.6) is 5.75 Å². The van der Waals surface area contributed by atoms with E-state index >= 15 is 0 Å². The number of anilines is 2. The molecule has 4 amide bonds. The number of imide groups is 1. The molecule has 4 heterocycles. The Kier molecular flexibility index (Phi) is 17.4. The van der Waals surface area contributed by atoms with Crippen molar-refractivity contribution in [3.63, 3.8) is 0 Å². The quantitative estimate of drug-likeness (QED) is 0.0293. The largest absolute Gasteiger partial charge is 0.494 e. The van der Waals surface area contributed by atoms with E-state index in [9.17, 15) is 24.0 Å². The van der Waals surface area contributed by atoms with Crippen molar-refractivity contribution in [3.05, 3.63) is 125 Å². The van der Waals surface area contributed by atoms with Gasteiger partial charge < -0.3 is 25.3 Å². The normalized spacial score (nSPS) is 14.0. The third-order valence-corrected chi connectivity index (χ3v) is 12.0. The van der Waals surface area contributed by atoms with Crippen molar-refractivity contribution < 1.29 is 28.7 Å². The molecule has 19 nitrogen and oxygen atoms in total. The summed E-state index contributed by atoms with van der Waals surface area (Å²) in [5, 5.41) is 28.9. The van der Waals surface area contributed by atoms with Gasteiger partial charge in [0.2, 0.25) is 17.7 Å². The third kappa shape index (κ3) is 13.9. The van der Waals surface area contributed by atoms with E-state index in [1.54, 1.807) is 48.5 Å². The number of unbranched alkanes of at least 4 members (excludes halogenated alkanes) is 4. The molecule has 69 heavy (non-hydrogen) atoms. The highest BCUT2D eigenvalue weighted by atomic mass is 16.5. The number of aldehydes is 1. The number of hydrogen-bond donors (Lipinski definition) is 4. The van der Waals surface area contributed by atoms with Crippen molar-refractivity contribution >= 4 is 41.3 Å². The summed E-state index contributed by atoms with van der Waals surface area (Å²) in [6, 6.07) is 21.3. The molecule has 2 unspecified atom stereocenters. The number of nitrogens with one attached hydrogen (secondary N) is 4. The second-order valence-corrected chi connectivity index (χ2v) is 17.2. The molecule has 19 heteroatoms. The minimum Gasteiger partial charge on any atom is -0.494 e. The number of carbonyl (C=O) groups excluding carboxylic acids is 5. The molecule has 6 aromatic rings. The first kappa shape index (κ1) is 49.2. The number of hydrogen-bond acceptors (Lipinski definition) is 14. The zero-order valence-corrected chi connectivity index (χ0v) is 39.3. The Morgan fingerprint density at radius 3 is 2.62 bits per heavy atom. The van der Waals surface area contributed by atoms with Gasteiger partial charge in [-0.2, -0.15) is 0 Å². The van der Waals surface area contributed by atoms with Crippen LogP contribution in [0.1, 0.15) is 114 Å². The molecule has 360 valence electrons. The highest BCUT2D eigenvalue weighted by Gasteiger charge is 2.30. The fourth-order valence-electron chi connectivity index (χ4n) is 8.12. The number of amides is 4. The van der Waals surface area contributed by atoms with E-state index in [4.69, 9.17) is 4.74 Å². The van der Waals surface area contributed by atoms with Crippen LogP contribution in [0.3, 0.4) is 0 Å². The molecule has 0 bridgehead atoms. The van der Waals surface area contributed by atoms with Gasteiger partial charge in [-0.05, 0) is 94.1 Å². The van der Waals surface area contributed by atoms with E-state index in [0.29, 0.717) is 66.3 Å². The number of aryl methyl sites for hydroxylation is 2. The smallest absolute Gasteiger partial charge is 0.251 e. The van der Waals surface area contributed by atoms with Crippen molar-refractivity contribution in [1.29, 1.82) is 0 Å². The van der Waals surface area contributed by atoms with Crippen molar-refractivity contribution in [2.75, 3.05) is 24.3 Å². The van der Waals surface area contributed by atoms with Gasteiger partial charge in [0.05, 0.1) is 30.9 Å². The summed E-state index contributed by atoms with van der Waals surface area (Å²) in [7, 11) is 3.64. The molecule has 3 aromatic carbocycles. The number of rotatable bonds is 25. The number of carbonyl (C=O) groups is 5. The second kappa shape index (κ2) is 24.4. The van der Waals surface area contributed by atoms with Crippen LogP contribution in [0.4, 0.5) is 11.4 Å². The second-order valence-electron chi connectivity index (χ2n) is 17.2. The number of ether oxygens (including phenoxy) is 1. The zero-order valence-electron chi connectivity index (χ0n) is 39.3. The van der Waals surface area contributed by atoms with Crippen molar-refractivity contribution in [3.8, 4) is 17.3 Å². The van der Waals surface area contributed by atoms with E-state index in [1.165, 1.54) is 6.33 Å². The highest BCUT2D eigenvalue weighted by Crippen LogP contribution is 2.25. The molecule has 3 aromatic heterocycles. The molecular formula is C50H59N13O6. The lowest BCUT2D eigenvalue weighted by Crippen LogP contribution is -2.51. The van der Waals surface area contributed by atoms with Gasteiger partial charge in [-0.3, -0.25) is 38.9 Å². The molecule has 0 radical (unpaired) electrons. The van der Waals surface area contributed by atoms with Crippen LogP contribution >= 0.6 is 0 Å². The topological polar surface area (TPSA) is 233 Å². The third-order valence-electron chi connectivity index (χ3n) is 12.0. The summed E-state index contributed by atoms with van der Waals surface area (Å²) >= 11 is 0. The number of piperidine rings is 1. The van der Waals surface area contributed by atoms with Gasteiger partial charge in [0.25, 0.3) is 5.91 Å². The SMILES string of the molecule is CC(NC(=O)c1cccc(NCc2nnc(-c3ccncn3)n2C)c1)c1cccc(OCCCCCCCn2cc(CCCC(=O)Nc3cccc(C=O)c3CN(C)C3CCC(=O)NC3=O)nn2)c1. The summed E-state index contributed by atoms with van der Waals surface area (Å²) in [5.74, 6) is 1.09. The number of likely N-dealkylation sites (N-methyl/N-ethyl adjacent to an activating group) is 1. The predicted molar refractivity (Wildman–Crippen MR) is 258 cm³/mol. The first-order chi connectivity index (χ1) is 33.5. The maximum atomic E-state index is 13.3. The monoisotopic (exact) mass is 937 g/mol. The standard InChI is InChI=1S/C50H59N13O6/c1-34(54-49(67)36-14-9-16-38(27-36)52-29-45-58-59-48(62(45)3)43-23-24-51-33-53-43)35-13-10-18-40(28-35)69-26-8-6-4-5-7-25-63-30-39(57-60-63)17-12-20-46(65)55-42-19-11-15-37(32-64)41(42)31-61(2)44-21-22-47(66)56-50(44)68/h9-11,13-16,18-19,23-24,27-28,30,32-34,44,52H,4-8,12,17,20-22,25-26,29,31H2,1-3H3,(H,54,67)(H,55,65)(H,56,66,68). The van der Waals surface area contributed by atoms with E-state index < -0.39 is 6.04 Å². The molecule has 0 aliphatic carbocycles. The van der Waals surface area contributed by atoms with Gasteiger partial charge in [-0.25, -0.2) is 9.97 Å². The Morgan fingerprint density at radius 1 is 0.971 bits per heavy atom. The van der Waals surface area contributed by atoms with Gasteiger partial charge in [0, 0.05) is 73.4 Å². The van der Waals surface area contributed by atoms with Gasteiger partial charge in [0.15, 0.2) is 11.6 Å². The summed E-state index contributed by atoms with van der Waals surface area (Å²) in [4.78, 5) is 72.2. The van der Waals surface area contributed by atoms with E-state index in [1.807, 2.05) is 71.9 Å². The van der Waals surface area contributed by atoms with Crippen LogP contribution in [0.25, 0.3) is 11.5 Å². The van der Waals surface area contributed by atoms with Crippen molar-refractivity contribution in [2.24, 2.45) is 7.05 Å². The fourth-order valence-corrected chi connectivity index (χ4v) is 8.12. The van der Waals surface area contributed by atoms with E-state index in [2.05, 4.69) is 51.7 Å². The van der Waals surface area contributed by atoms with Crippen LogP contribution in [-0.2, 0) is 47.5 Å². The minimum atomic E-state index is -0.515. The van der Waals surface area contributed by atoms with Crippen molar-refractivity contribution in [2.45, 2.75) is 103 Å². The predicted octanol–water partition coefficient (Wildman–Crippen LogP) is 6.01. The molecule has 1 saturated heterocycles. The van der Waals surface area contributed by atoms with Crippen molar-refractivity contribution in [1.82, 2.24) is 55.3 Å². The highest BCUT2D eigenvalue weighted by molar-refractivity contribution is 6.00. The molecular weight excluding hydrogens is 879 g/mol. The molecule has 1 aliphatic heterocycles. The molecule has 2 atom stereocenters. The van der Waals surface area contributed by atoms with Gasteiger partial charge in [-0.1, -0.05) is 54.8 Å². The maximum absolute atomic E-state index is 13.3. The fraction of sp³-hybridized carbons (Fsp3) is 0.380. The summed E-state index contributed by atoms with van der Waals surface area (Å²) < 4.78 is 9.81. The van der Waals surface area contributed by atoms with E-state index in [-0.39, 0.29) is 49.1 Å². The Labute approximate surface area is 400 Å². The van der Waals surface area contributed by atoms with Crippen LogP contribution in [0, 0.1) is 0 Å². The molecule has 1 fully saturated rings. The van der Waals surface area contributed by atoms with E-state index in [0.717, 1.165) is 73.5 Å². The van der Waals surface area contributed by atoms with Crippen LogP contribution in [0.2, 0.25) is 0 Å². The van der Waals surface area contributed by atoms with Crippen LogP contribution in [0.15, 0.2) is 91.5 Å². The molecule has 4 N–H and O–H groups in total. The Morgan fingerprint density at radius 2 is 1.80 bits per heavy atom. The van der Waals surface area contributed by atoms with Crippen LogP contribution in [-0.4, -0.2) is 94.2 Å². The average molecular weight is 938 g/mol. The Hall–Kier alpha value is -7.67. The lowest BCUT2D eigenvalue weighted by Gasteiger charge is -2.30. The molecule has 0 saturated carbocycles. The number of nitrogens with zero attached hydrogens (tertiary/aromatic N) is 9. The first-order valence-electron chi connectivity index (χ1n) is 23.4. The van der Waals surface area contributed by atoms with Gasteiger partial charge >= 0.3 is 0 Å². The molecule has 1 aliphatic rings. The zero-order chi connectivity index (χ0) is 48.5. The summed E-state index contributed by atoms with van der Waals surface area (Å²) in [6.07, 6.45) is 12.9. The molecule has 0 spiro atoms. The summed E-state index contributed by atoms with van der Waals surface area (Å²) in [5.41, 5.74) is 5.32. The minimum absolute atomic E-state index is 0.184. The Bertz CT molecular complexity index is 2700. The Balaban J connectivity index is 0.756. The van der Waals surface area contributed by atoms with Crippen LogP contribution < -0.4 is 26.0 Å². The lowest BCUT2D eigenvalue weighted by molar-refractivity contribution is -0.137. The van der Waals surface area contributed by atoms with Gasteiger partial charge in [0.1, 0.15) is 24.1 Å². The lowest BCUT2D eigenvalue weighted by atomic mass is 10.0. The first-order valence-corrected chi connectivity index (χ1v) is 23.4. The number of aromatic nitrogens is 8. The summed E-state index contributed by atoms with van der Waals surface area (Å²) in [6.45, 7) is 3.96. The maximum Gasteiger partial charge on any atom is 0.251 e. The average Bonchev–Trinajstić information content (AvgIpc) is 3.97. The molecule has 7 rings (SSSR count). The van der Waals surface area contributed by atoms with Gasteiger partial charge in [-0.15, -0.1) is 15.3 Å².